The zero-order chi connectivity index (χ0) is 22.2. The maximum Gasteiger partial charge on any atom is 0.312 e. The fraction of sp³-hybridized carbons (Fsp3) is 0.350. The van der Waals surface area contributed by atoms with Crippen LogP contribution in [0, 0.1) is 37.8 Å². The van der Waals surface area contributed by atoms with Gasteiger partial charge in [0.15, 0.2) is 0 Å². The first kappa shape index (κ1) is 21.5. The van der Waals surface area contributed by atoms with Crippen molar-refractivity contribution in [3.8, 4) is 0 Å². The van der Waals surface area contributed by atoms with E-state index in [1.54, 1.807) is 25.5 Å². The Hall–Kier alpha value is -3.20. The van der Waals surface area contributed by atoms with Crippen molar-refractivity contribution in [1.29, 1.82) is 0 Å². The highest BCUT2D eigenvalue weighted by atomic mass is 35.5. The lowest BCUT2D eigenvalue weighted by Gasteiger charge is -2.14. The third-order valence-corrected chi connectivity index (χ3v) is 5.30. The number of nitrogens with one attached hydrogen (secondary N) is 1. The molecule has 0 fully saturated rings. The summed E-state index contributed by atoms with van der Waals surface area (Å²) in [5.41, 5.74) is 3.63. The van der Waals surface area contributed by atoms with Crippen molar-refractivity contribution in [3.63, 3.8) is 0 Å². The van der Waals surface area contributed by atoms with Gasteiger partial charge in [-0.15, -0.1) is 0 Å². The second-order valence-electron chi connectivity index (χ2n) is 7.22. The summed E-state index contributed by atoms with van der Waals surface area (Å²) in [4.78, 5) is 23.6. The number of amides is 1. The monoisotopic (exact) mass is 430 g/mol. The Morgan fingerprint density at radius 1 is 1.20 bits per heavy atom. The molecule has 1 atom stereocenters. The quantitative estimate of drug-likeness (QED) is 0.467. The van der Waals surface area contributed by atoms with E-state index in [4.69, 9.17) is 11.6 Å². The molecule has 0 aliphatic rings. The minimum absolute atomic E-state index is 0.0728. The number of nitro groups is 1. The molecule has 0 spiro atoms. The van der Waals surface area contributed by atoms with Crippen molar-refractivity contribution < 1.29 is 9.72 Å². The summed E-state index contributed by atoms with van der Waals surface area (Å²) in [5, 5.41) is 23.5. The number of hydrogen-bond donors (Lipinski definition) is 1. The smallest absolute Gasteiger partial charge is 0.312 e. The van der Waals surface area contributed by atoms with Crippen molar-refractivity contribution in [2.24, 2.45) is 0 Å². The fourth-order valence-electron chi connectivity index (χ4n) is 3.47. The summed E-state index contributed by atoms with van der Waals surface area (Å²) in [6.07, 6.45) is 0. The molecule has 0 aliphatic heterocycles. The maximum atomic E-state index is 12.9. The highest BCUT2D eigenvalue weighted by Gasteiger charge is 2.28. The molecular formula is C20H23ClN6O3. The van der Waals surface area contributed by atoms with Crippen molar-refractivity contribution in [2.75, 3.05) is 5.32 Å². The van der Waals surface area contributed by atoms with Gasteiger partial charge >= 0.3 is 5.69 Å². The van der Waals surface area contributed by atoms with Gasteiger partial charge in [0.05, 0.1) is 28.5 Å². The average Bonchev–Trinajstić information content (AvgIpc) is 3.11. The van der Waals surface area contributed by atoms with Crippen LogP contribution in [-0.4, -0.2) is 30.4 Å². The van der Waals surface area contributed by atoms with Crippen LogP contribution in [0.5, 0.6) is 0 Å². The molecule has 0 saturated heterocycles. The molecular weight excluding hydrogens is 408 g/mol. The number of anilines is 1. The lowest BCUT2D eigenvalue weighted by Crippen LogP contribution is -2.25. The van der Waals surface area contributed by atoms with E-state index in [-0.39, 0.29) is 17.3 Å². The number of halogens is 1. The highest BCUT2D eigenvalue weighted by molar-refractivity contribution is 6.30. The summed E-state index contributed by atoms with van der Waals surface area (Å²) in [7, 11) is 0. The van der Waals surface area contributed by atoms with Crippen molar-refractivity contribution in [1.82, 2.24) is 19.6 Å². The Kier molecular flexibility index (Phi) is 5.93. The molecule has 3 aromatic rings. The van der Waals surface area contributed by atoms with Crippen LogP contribution < -0.4 is 5.32 Å². The Morgan fingerprint density at radius 2 is 1.90 bits per heavy atom. The summed E-state index contributed by atoms with van der Waals surface area (Å²) in [6.45, 7) is 9.00. The SMILES string of the molecule is Cc1nn(Cc2cccc(Cl)c2)c(C)c1NC(=O)C(C)n1nc(C)c([N+](=O)[O-])c1C. The molecule has 0 saturated carbocycles. The molecule has 1 unspecified atom stereocenters. The number of carbonyl (C=O) groups excluding carboxylic acids is 1. The van der Waals surface area contributed by atoms with Gasteiger partial charge in [-0.1, -0.05) is 23.7 Å². The normalized spacial score (nSPS) is 12.1. The molecule has 2 aromatic heterocycles. The summed E-state index contributed by atoms with van der Waals surface area (Å²) >= 11 is 6.06. The van der Waals surface area contributed by atoms with Crippen LogP contribution in [0.4, 0.5) is 11.4 Å². The predicted molar refractivity (Wildman–Crippen MR) is 114 cm³/mol. The first-order chi connectivity index (χ1) is 14.1. The van der Waals surface area contributed by atoms with Crippen LogP contribution in [0.25, 0.3) is 0 Å². The van der Waals surface area contributed by atoms with Gasteiger partial charge in [-0.2, -0.15) is 10.2 Å². The van der Waals surface area contributed by atoms with E-state index >= 15 is 0 Å². The first-order valence-corrected chi connectivity index (χ1v) is 9.77. The van der Waals surface area contributed by atoms with E-state index in [2.05, 4.69) is 15.5 Å². The largest absolute Gasteiger partial charge is 0.321 e. The Balaban J connectivity index is 1.83. The van der Waals surface area contributed by atoms with Crippen LogP contribution >= 0.6 is 11.6 Å². The zero-order valence-electron chi connectivity index (χ0n) is 17.4. The topological polar surface area (TPSA) is 108 Å². The number of nitrogens with zero attached hydrogens (tertiary/aromatic N) is 5. The summed E-state index contributed by atoms with van der Waals surface area (Å²) in [5.74, 6) is -0.330. The van der Waals surface area contributed by atoms with Gasteiger partial charge in [-0.05, 0) is 52.3 Å². The molecule has 30 heavy (non-hydrogen) atoms. The molecule has 0 bridgehead atoms. The number of aryl methyl sites for hydroxylation is 2. The summed E-state index contributed by atoms with van der Waals surface area (Å²) < 4.78 is 3.18. The minimum atomic E-state index is -0.729. The Morgan fingerprint density at radius 3 is 2.50 bits per heavy atom. The van der Waals surface area contributed by atoms with Crippen LogP contribution in [0.2, 0.25) is 5.02 Å². The van der Waals surface area contributed by atoms with Crippen LogP contribution in [0.3, 0.4) is 0 Å². The van der Waals surface area contributed by atoms with E-state index < -0.39 is 11.0 Å². The molecule has 158 valence electrons. The molecule has 1 aromatic carbocycles. The van der Waals surface area contributed by atoms with E-state index in [1.165, 1.54) is 4.68 Å². The van der Waals surface area contributed by atoms with Crippen molar-refractivity contribution >= 4 is 28.9 Å². The van der Waals surface area contributed by atoms with E-state index in [0.717, 1.165) is 11.3 Å². The van der Waals surface area contributed by atoms with E-state index in [9.17, 15) is 14.9 Å². The molecule has 1 amide bonds. The molecule has 0 radical (unpaired) electrons. The fourth-order valence-corrected chi connectivity index (χ4v) is 3.69. The second kappa shape index (κ2) is 8.27. The zero-order valence-corrected chi connectivity index (χ0v) is 18.2. The van der Waals surface area contributed by atoms with E-state index in [0.29, 0.717) is 28.6 Å². The number of aromatic nitrogens is 4. The number of hydrogen-bond acceptors (Lipinski definition) is 5. The number of rotatable bonds is 6. The van der Waals surface area contributed by atoms with Gasteiger partial charge in [0, 0.05) is 5.02 Å². The third-order valence-electron chi connectivity index (χ3n) is 5.07. The van der Waals surface area contributed by atoms with Crippen molar-refractivity contribution in [2.45, 2.75) is 47.2 Å². The lowest BCUT2D eigenvalue weighted by molar-refractivity contribution is -0.386. The van der Waals surface area contributed by atoms with Gasteiger partial charge in [0.1, 0.15) is 17.4 Å². The molecule has 0 aliphatic carbocycles. The van der Waals surface area contributed by atoms with Gasteiger partial charge in [-0.3, -0.25) is 24.3 Å². The van der Waals surface area contributed by atoms with Gasteiger partial charge in [0.2, 0.25) is 5.91 Å². The Labute approximate surface area is 178 Å². The molecule has 9 nitrogen and oxygen atoms in total. The second-order valence-corrected chi connectivity index (χ2v) is 7.66. The van der Waals surface area contributed by atoms with Gasteiger partial charge in [0.25, 0.3) is 0 Å². The van der Waals surface area contributed by atoms with Gasteiger partial charge in [-0.25, -0.2) is 0 Å². The average molecular weight is 431 g/mol. The minimum Gasteiger partial charge on any atom is -0.321 e. The number of benzene rings is 1. The van der Waals surface area contributed by atoms with Crippen molar-refractivity contribution in [3.05, 3.63) is 67.7 Å². The molecule has 1 N–H and O–H groups in total. The van der Waals surface area contributed by atoms with Gasteiger partial charge < -0.3 is 5.32 Å². The summed E-state index contributed by atoms with van der Waals surface area (Å²) in [6, 6.07) is 6.78. The third kappa shape index (κ3) is 4.06. The first-order valence-electron chi connectivity index (χ1n) is 9.39. The molecule has 2 heterocycles. The Bertz CT molecular complexity index is 1130. The standard InChI is InChI=1S/C20H23ClN6O3/c1-11-18(13(3)25(23-11)10-16-7-6-8-17(21)9-16)22-20(28)15(5)26-14(4)19(27(29)30)12(2)24-26/h6-9,15H,10H2,1-5H3,(H,22,28). The molecule has 3 rings (SSSR count). The highest BCUT2D eigenvalue weighted by Crippen LogP contribution is 2.26. The van der Waals surface area contributed by atoms with Crippen LogP contribution in [-0.2, 0) is 11.3 Å². The van der Waals surface area contributed by atoms with Crippen LogP contribution in [0.15, 0.2) is 24.3 Å². The molecule has 10 heteroatoms. The lowest BCUT2D eigenvalue weighted by atomic mass is 10.2. The maximum absolute atomic E-state index is 12.9. The van der Waals surface area contributed by atoms with Crippen LogP contribution in [0.1, 0.15) is 41.3 Å². The van der Waals surface area contributed by atoms with E-state index in [1.807, 2.05) is 38.1 Å². The predicted octanol–water partition coefficient (Wildman–Crippen LogP) is 4.12. The number of carbonyl (C=O) groups is 1.